The standard InChI is InChI=1S/C19H19BrN2O4/c20-14-8-6-13(7-9-14)18(24)17(22-10-2-1-5-16(22)23)19(25)21-12-15-4-3-11-26-15/h1-2,5-10,15,17H,3-4,11-12H2,(H,21,25)/t15-,17-/m0/s1. The van der Waals surface area contributed by atoms with Crippen molar-refractivity contribution in [1.29, 1.82) is 0 Å². The number of Topliss-reactive ketones (excluding diaryl/α,β-unsaturated/α-hetero) is 1. The van der Waals surface area contributed by atoms with Gasteiger partial charge < -0.3 is 10.1 Å². The van der Waals surface area contributed by atoms with E-state index in [9.17, 15) is 14.4 Å². The molecule has 0 radical (unpaired) electrons. The summed E-state index contributed by atoms with van der Waals surface area (Å²) in [7, 11) is 0. The Morgan fingerprint density at radius 1 is 1.23 bits per heavy atom. The van der Waals surface area contributed by atoms with Crippen LogP contribution in [0, 0.1) is 0 Å². The van der Waals surface area contributed by atoms with Crippen LogP contribution in [0.4, 0.5) is 0 Å². The van der Waals surface area contributed by atoms with Crippen molar-refractivity contribution in [3.05, 3.63) is 69.1 Å². The predicted molar refractivity (Wildman–Crippen MR) is 100 cm³/mol. The lowest BCUT2D eigenvalue weighted by Gasteiger charge is -2.19. The van der Waals surface area contributed by atoms with Crippen molar-refractivity contribution in [3.63, 3.8) is 0 Å². The van der Waals surface area contributed by atoms with Crippen LogP contribution < -0.4 is 10.9 Å². The van der Waals surface area contributed by atoms with E-state index in [0.29, 0.717) is 18.7 Å². The molecule has 0 saturated carbocycles. The van der Waals surface area contributed by atoms with E-state index in [1.165, 1.54) is 12.3 Å². The first-order valence-electron chi connectivity index (χ1n) is 8.42. The highest BCUT2D eigenvalue weighted by Crippen LogP contribution is 2.17. The molecule has 2 atom stereocenters. The van der Waals surface area contributed by atoms with E-state index < -0.39 is 23.3 Å². The molecule has 1 aromatic carbocycles. The van der Waals surface area contributed by atoms with Gasteiger partial charge in [-0.1, -0.05) is 34.1 Å². The number of benzene rings is 1. The van der Waals surface area contributed by atoms with Crippen LogP contribution in [0.15, 0.2) is 57.9 Å². The van der Waals surface area contributed by atoms with Crippen LogP contribution in [-0.4, -0.2) is 35.5 Å². The van der Waals surface area contributed by atoms with Gasteiger partial charge in [0.25, 0.3) is 11.5 Å². The molecule has 0 spiro atoms. The maximum atomic E-state index is 13.0. The van der Waals surface area contributed by atoms with Gasteiger partial charge in [0.15, 0.2) is 11.8 Å². The normalized spacial score (nSPS) is 17.7. The van der Waals surface area contributed by atoms with Crippen molar-refractivity contribution in [2.24, 2.45) is 0 Å². The molecule has 0 aliphatic carbocycles. The molecule has 0 bridgehead atoms. The second-order valence-corrected chi connectivity index (χ2v) is 7.02. The van der Waals surface area contributed by atoms with E-state index in [-0.39, 0.29) is 6.10 Å². The molecule has 2 aromatic rings. The van der Waals surface area contributed by atoms with Crippen LogP contribution >= 0.6 is 15.9 Å². The summed E-state index contributed by atoms with van der Waals surface area (Å²) >= 11 is 3.32. The summed E-state index contributed by atoms with van der Waals surface area (Å²) in [5.74, 6) is -0.947. The summed E-state index contributed by atoms with van der Waals surface area (Å²) in [5, 5.41) is 2.76. The number of hydrogen-bond donors (Lipinski definition) is 1. The maximum Gasteiger partial charge on any atom is 0.251 e. The SMILES string of the molecule is O=C(NC[C@@H]1CCCO1)[C@H](C(=O)c1ccc(Br)cc1)n1ccccc1=O. The molecule has 1 fully saturated rings. The zero-order valence-electron chi connectivity index (χ0n) is 14.1. The summed E-state index contributed by atoms with van der Waals surface area (Å²) < 4.78 is 7.48. The van der Waals surface area contributed by atoms with Gasteiger partial charge in [-0.05, 0) is 31.0 Å². The number of pyridine rings is 1. The number of ether oxygens (including phenoxy) is 1. The number of nitrogens with zero attached hydrogens (tertiary/aromatic N) is 1. The number of carbonyl (C=O) groups excluding carboxylic acids is 2. The Morgan fingerprint density at radius 2 is 2.00 bits per heavy atom. The van der Waals surface area contributed by atoms with Crippen LogP contribution in [-0.2, 0) is 9.53 Å². The van der Waals surface area contributed by atoms with Crippen molar-refractivity contribution in [2.75, 3.05) is 13.2 Å². The minimum absolute atomic E-state index is 0.0464. The van der Waals surface area contributed by atoms with Crippen molar-refractivity contribution in [2.45, 2.75) is 25.0 Å². The number of aromatic nitrogens is 1. The molecule has 0 unspecified atom stereocenters. The van der Waals surface area contributed by atoms with Crippen LogP contribution in [0.1, 0.15) is 29.2 Å². The molecule has 26 heavy (non-hydrogen) atoms. The topological polar surface area (TPSA) is 77.4 Å². The lowest BCUT2D eigenvalue weighted by molar-refractivity contribution is -0.123. The molecule has 7 heteroatoms. The van der Waals surface area contributed by atoms with E-state index in [4.69, 9.17) is 4.74 Å². The number of hydrogen-bond acceptors (Lipinski definition) is 4. The minimum Gasteiger partial charge on any atom is -0.376 e. The number of halogens is 1. The molecular weight excluding hydrogens is 400 g/mol. The Morgan fingerprint density at radius 3 is 2.65 bits per heavy atom. The predicted octanol–water partition coefficient (Wildman–Crippen LogP) is 2.33. The van der Waals surface area contributed by atoms with Gasteiger partial charge >= 0.3 is 0 Å². The van der Waals surface area contributed by atoms with Crippen LogP contribution in [0.5, 0.6) is 0 Å². The first-order valence-corrected chi connectivity index (χ1v) is 9.22. The summed E-state index contributed by atoms with van der Waals surface area (Å²) in [4.78, 5) is 38.0. The molecule has 1 N–H and O–H groups in total. The van der Waals surface area contributed by atoms with E-state index in [0.717, 1.165) is 21.9 Å². The molecule has 6 nitrogen and oxygen atoms in total. The number of amides is 1. The van der Waals surface area contributed by atoms with E-state index in [2.05, 4.69) is 21.2 Å². The molecule has 136 valence electrons. The second-order valence-electron chi connectivity index (χ2n) is 6.10. The van der Waals surface area contributed by atoms with Gasteiger partial charge in [0.1, 0.15) is 0 Å². The zero-order valence-corrected chi connectivity index (χ0v) is 15.6. The molecule has 1 amide bonds. The van der Waals surface area contributed by atoms with Gasteiger partial charge in [0.2, 0.25) is 0 Å². The van der Waals surface area contributed by atoms with Crippen LogP contribution in [0.25, 0.3) is 0 Å². The lowest BCUT2D eigenvalue weighted by atomic mass is 10.0. The van der Waals surface area contributed by atoms with E-state index >= 15 is 0 Å². The highest BCUT2D eigenvalue weighted by Gasteiger charge is 2.30. The Kier molecular flexibility index (Phi) is 6.00. The summed E-state index contributed by atoms with van der Waals surface area (Å²) in [6, 6.07) is 9.97. The van der Waals surface area contributed by atoms with E-state index in [1.807, 2.05) is 0 Å². The van der Waals surface area contributed by atoms with Gasteiger partial charge in [0, 0.05) is 35.5 Å². The Hall–Kier alpha value is -2.25. The lowest BCUT2D eigenvalue weighted by Crippen LogP contribution is -2.43. The Labute approximate surface area is 159 Å². The van der Waals surface area contributed by atoms with Gasteiger partial charge in [-0.3, -0.25) is 19.0 Å². The minimum atomic E-state index is -1.26. The fourth-order valence-electron chi connectivity index (χ4n) is 2.91. The first-order chi connectivity index (χ1) is 12.6. The smallest absolute Gasteiger partial charge is 0.251 e. The molecule has 1 aliphatic heterocycles. The van der Waals surface area contributed by atoms with Crippen molar-refractivity contribution in [1.82, 2.24) is 9.88 Å². The highest BCUT2D eigenvalue weighted by molar-refractivity contribution is 9.10. The van der Waals surface area contributed by atoms with Crippen molar-refractivity contribution < 1.29 is 14.3 Å². The number of ketones is 1. The van der Waals surface area contributed by atoms with Gasteiger partial charge in [-0.2, -0.15) is 0 Å². The third-order valence-electron chi connectivity index (χ3n) is 4.28. The first kappa shape index (κ1) is 18.5. The average Bonchev–Trinajstić information content (AvgIpc) is 3.16. The summed E-state index contributed by atoms with van der Waals surface area (Å²) in [6.07, 6.45) is 3.24. The van der Waals surface area contributed by atoms with Gasteiger partial charge in [-0.15, -0.1) is 0 Å². The summed E-state index contributed by atoms with van der Waals surface area (Å²) in [5.41, 5.74) is -0.0450. The third kappa shape index (κ3) is 4.28. The fraction of sp³-hybridized carbons (Fsp3) is 0.316. The molecule has 1 aliphatic rings. The Balaban J connectivity index is 1.87. The monoisotopic (exact) mass is 418 g/mol. The molecule has 2 heterocycles. The Bertz CT molecular complexity index is 841. The van der Waals surface area contributed by atoms with Crippen LogP contribution in [0.2, 0.25) is 0 Å². The molecular formula is C19H19BrN2O4. The number of rotatable bonds is 6. The van der Waals surface area contributed by atoms with Crippen molar-refractivity contribution >= 4 is 27.6 Å². The van der Waals surface area contributed by atoms with E-state index in [1.54, 1.807) is 36.4 Å². The van der Waals surface area contributed by atoms with Crippen molar-refractivity contribution in [3.8, 4) is 0 Å². The van der Waals surface area contributed by atoms with Gasteiger partial charge in [-0.25, -0.2) is 0 Å². The summed E-state index contributed by atoms with van der Waals surface area (Å²) in [6.45, 7) is 1.00. The maximum absolute atomic E-state index is 13.0. The average molecular weight is 419 g/mol. The number of nitrogens with one attached hydrogen (secondary N) is 1. The highest BCUT2D eigenvalue weighted by atomic mass is 79.9. The quantitative estimate of drug-likeness (QED) is 0.576. The molecule has 3 rings (SSSR count). The second kappa shape index (κ2) is 8.42. The number of carbonyl (C=O) groups is 2. The van der Waals surface area contributed by atoms with Gasteiger partial charge in [0.05, 0.1) is 6.10 Å². The fourth-order valence-corrected chi connectivity index (χ4v) is 3.18. The molecule has 1 saturated heterocycles. The largest absolute Gasteiger partial charge is 0.376 e. The molecule has 1 aromatic heterocycles. The zero-order chi connectivity index (χ0) is 18.5. The third-order valence-corrected chi connectivity index (χ3v) is 4.81. The van der Waals surface area contributed by atoms with Crippen LogP contribution in [0.3, 0.4) is 0 Å².